The Morgan fingerprint density at radius 3 is 2.42 bits per heavy atom. The number of hydrogen-bond donors (Lipinski definition) is 3. The van der Waals surface area contributed by atoms with Crippen molar-refractivity contribution in [2.45, 2.75) is 43.8 Å². The molecule has 4 N–H and O–H groups in total. The predicted molar refractivity (Wildman–Crippen MR) is 99.8 cm³/mol. The van der Waals surface area contributed by atoms with E-state index in [1.165, 1.54) is 23.6 Å². The van der Waals surface area contributed by atoms with E-state index in [2.05, 4.69) is 15.7 Å². The van der Waals surface area contributed by atoms with Crippen LogP contribution in [0.1, 0.15) is 46.7 Å². The minimum atomic E-state index is -0.615. The Kier molecular flexibility index (Phi) is 5.29. The molecule has 26 heavy (non-hydrogen) atoms. The van der Waals surface area contributed by atoms with Gasteiger partial charge in [0.25, 0.3) is 11.8 Å². The van der Waals surface area contributed by atoms with E-state index in [-0.39, 0.29) is 35.7 Å². The van der Waals surface area contributed by atoms with Gasteiger partial charge in [-0.1, -0.05) is 18.2 Å². The first kappa shape index (κ1) is 18.4. The lowest BCUT2D eigenvalue weighted by atomic mass is 10.00. The molecule has 2 aromatic rings. The van der Waals surface area contributed by atoms with Crippen LogP contribution >= 0.6 is 12.4 Å². The molecule has 0 spiro atoms. The molecule has 8 heteroatoms. The van der Waals surface area contributed by atoms with Crippen LogP contribution in [0.15, 0.2) is 36.4 Å². The van der Waals surface area contributed by atoms with E-state index >= 15 is 0 Å². The number of para-hydroxylation sites is 1. The van der Waals surface area contributed by atoms with Crippen molar-refractivity contribution in [3.8, 4) is 5.69 Å². The van der Waals surface area contributed by atoms with Crippen molar-refractivity contribution in [1.82, 2.24) is 20.4 Å². The largest absolute Gasteiger partial charge is 0.364 e. The highest BCUT2D eigenvalue weighted by Gasteiger charge is 2.34. The van der Waals surface area contributed by atoms with Crippen LogP contribution < -0.4 is 16.4 Å². The highest BCUT2D eigenvalue weighted by Crippen LogP contribution is 2.27. The van der Waals surface area contributed by atoms with Gasteiger partial charge in [0.1, 0.15) is 5.69 Å². The molecule has 4 rings (SSSR count). The molecule has 2 aliphatic rings. The van der Waals surface area contributed by atoms with Crippen LogP contribution in [-0.2, 0) is 0 Å². The summed E-state index contributed by atoms with van der Waals surface area (Å²) in [6.45, 7) is 0. The van der Waals surface area contributed by atoms with Gasteiger partial charge in [0.15, 0.2) is 5.69 Å². The van der Waals surface area contributed by atoms with E-state index in [9.17, 15) is 9.59 Å². The second kappa shape index (κ2) is 7.47. The molecule has 0 aliphatic carbocycles. The second-order valence-electron chi connectivity index (χ2n) is 6.81. The molecule has 3 heterocycles. The summed E-state index contributed by atoms with van der Waals surface area (Å²) in [5, 5.41) is 10.9. The summed E-state index contributed by atoms with van der Waals surface area (Å²) in [7, 11) is 0. The van der Waals surface area contributed by atoms with Gasteiger partial charge in [-0.15, -0.1) is 12.4 Å². The van der Waals surface area contributed by atoms with Crippen LogP contribution in [0.3, 0.4) is 0 Å². The topological polar surface area (TPSA) is 102 Å². The van der Waals surface area contributed by atoms with Gasteiger partial charge in [-0.2, -0.15) is 5.10 Å². The zero-order chi connectivity index (χ0) is 17.4. The first-order valence-electron chi connectivity index (χ1n) is 8.62. The zero-order valence-corrected chi connectivity index (χ0v) is 15.0. The van der Waals surface area contributed by atoms with E-state index < -0.39 is 5.91 Å². The summed E-state index contributed by atoms with van der Waals surface area (Å²) >= 11 is 0. The number of hydrogen-bond acceptors (Lipinski definition) is 4. The van der Waals surface area contributed by atoms with Crippen LogP contribution in [0, 0.1) is 0 Å². The Hall–Kier alpha value is -2.38. The number of aromatic nitrogens is 2. The fourth-order valence-electron chi connectivity index (χ4n) is 3.87. The third-order valence-electron chi connectivity index (χ3n) is 5.00. The van der Waals surface area contributed by atoms with Gasteiger partial charge in [0.05, 0.1) is 5.69 Å². The number of fused-ring (bicyclic) bond motifs is 2. The van der Waals surface area contributed by atoms with Crippen molar-refractivity contribution in [1.29, 1.82) is 0 Å². The highest BCUT2D eigenvalue weighted by atomic mass is 35.5. The molecular weight excluding hydrogens is 354 g/mol. The zero-order valence-electron chi connectivity index (χ0n) is 14.2. The van der Waals surface area contributed by atoms with Crippen molar-refractivity contribution < 1.29 is 9.59 Å². The normalized spacial score (nSPS) is 23.9. The van der Waals surface area contributed by atoms with Crippen LogP contribution in [0.4, 0.5) is 0 Å². The number of rotatable bonds is 4. The van der Waals surface area contributed by atoms with Crippen LogP contribution in [0.5, 0.6) is 0 Å². The molecule has 2 saturated heterocycles. The minimum Gasteiger partial charge on any atom is -0.364 e. The van der Waals surface area contributed by atoms with Crippen molar-refractivity contribution in [2.75, 3.05) is 0 Å². The second-order valence-corrected chi connectivity index (χ2v) is 6.81. The van der Waals surface area contributed by atoms with E-state index in [1.54, 1.807) is 0 Å². The van der Waals surface area contributed by atoms with Crippen molar-refractivity contribution in [2.24, 2.45) is 5.73 Å². The number of benzene rings is 1. The summed E-state index contributed by atoms with van der Waals surface area (Å²) in [5.74, 6) is -0.876. The molecule has 0 saturated carbocycles. The third-order valence-corrected chi connectivity index (χ3v) is 5.00. The van der Waals surface area contributed by atoms with Gasteiger partial charge >= 0.3 is 0 Å². The fraction of sp³-hybridized carbons (Fsp3) is 0.389. The lowest BCUT2D eigenvalue weighted by molar-refractivity contribution is 0.0917. The van der Waals surface area contributed by atoms with E-state index in [0.29, 0.717) is 17.8 Å². The fourth-order valence-corrected chi connectivity index (χ4v) is 3.87. The molecule has 2 amide bonds. The van der Waals surface area contributed by atoms with Crippen molar-refractivity contribution in [3.05, 3.63) is 47.8 Å². The molecule has 2 atom stereocenters. The minimum absolute atomic E-state index is 0. The Bertz CT molecular complexity index is 795. The molecule has 1 aromatic heterocycles. The molecule has 2 unspecified atom stereocenters. The van der Waals surface area contributed by atoms with Crippen LogP contribution in [0.25, 0.3) is 5.69 Å². The highest BCUT2D eigenvalue weighted by molar-refractivity contribution is 5.97. The van der Waals surface area contributed by atoms with Crippen molar-refractivity contribution in [3.63, 3.8) is 0 Å². The standard InChI is InChI=1S/C18H21N5O2.ClH/c19-17(24)16-10-15(22-23(16)14-4-2-1-3-5-14)18(25)21-13-8-11-6-7-12(9-13)20-11;/h1-5,10-13,20H,6-9H2,(H2,19,24)(H,21,25);1H. The molecule has 138 valence electrons. The van der Waals surface area contributed by atoms with Gasteiger partial charge in [-0.3, -0.25) is 9.59 Å². The molecule has 2 bridgehead atoms. The van der Waals surface area contributed by atoms with Gasteiger partial charge in [0, 0.05) is 24.2 Å². The average Bonchev–Trinajstić information content (AvgIpc) is 3.19. The number of nitrogens with one attached hydrogen (secondary N) is 2. The maximum atomic E-state index is 12.6. The van der Waals surface area contributed by atoms with E-state index in [0.717, 1.165) is 12.8 Å². The Morgan fingerprint density at radius 1 is 1.15 bits per heavy atom. The average molecular weight is 376 g/mol. The van der Waals surface area contributed by atoms with Gasteiger partial charge in [0.2, 0.25) is 0 Å². The summed E-state index contributed by atoms with van der Waals surface area (Å²) in [5.41, 5.74) is 6.55. The molecule has 2 aliphatic heterocycles. The number of piperidine rings is 1. The number of carbonyl (C=O) groups is 2. The maximum absolute atomic E-state index is 12.6. The summed E-state index contributed by atoms with van der Waals surface area (Å²) in [6.07, 6.45) is 4.21. The molecule has 0 radical (unpaired) electrons. The first-order chi connectivity index (χ1) is 12.1. The quantitative estimate of drug-likeness (QED) is 0.751. The van der Waals surface area contributed by atoms with E-state index in [4.69, 9.17) is 5.73 Å². The lowest BCUT2D eigenvalue weighted by Crippen LogP contribution is -2.48. The predicted octanol–water partition coefficient (Wildman–Crippen LogP) is 1.41. The number of primary amides is 1. The van der Waals surface area contributed by atoms with Gasteiger partial charge in [-0.05, 0) is 37.8 Å². The maximum Gasteiger partial charge on any atom is 0.272 e. The number of nitrogens with two attached hydrogens (primary N) is 1. The number of halogens is 1. The Labute approximate surface area is 157 Å². The smallest absolute Gasteiger partial charge is 0.272 e. The molecule has 1 aromatic carbocycles. The Balaban J connectivity index is 0.00000196. The lowest BCUT2D eigenvalue weighted by Gasteiger charge is -2.29. The van der Waals surface area contributed by atoms with Gasteiger partial charge < -0.3 is 16.4 Å². The summed E-state index contributed by atoms with van der Waals surface area (Å²) in [4.78, 5) is 24.3. The van der Waals surface area contributed by atoms with Gasteiger partial charge in [-0.25, -0.2) is 4.68 Å². The number of nitrogens with zero attached hydrogens (tertiary/aromatic N) is 2. The summed E-state index contributed by atoms with van der Waals surface area (Å²) in [6, 6.07) is 11.8. The van der Waals surface area contributed by atoms with Crippen molar-refractivity contribution >= 4 is 24.2 Å². The Morgan fingerprint density at radius 2 is 1.81 bits per heavy atom. The van der Waals surface area contributed by atoms with E-state index in [1.807, 2.05) is 30.3 Å². The monoisotopic (exact) mass is 375 g/mol. The van der Waals surface area contributed by atoms with Crippen LogP contribution in [0.2, 0.25) is 0 Å². The SMILES string of the molecule is Cl.NC(=O)c1cc(C(=O)NC2CC3CCC(C2)N3)nn1-c1ccccc1. The molecular formula is C18H22ClN5O2. The molecule has 2 fully saturated rings. The number of amides is 2. The number of carbonyl (C=O) groups excluding carboxylic acids is 2. The summed E-state index contributed by atoms with van der Waals surface area (Å²) < 4.78 is 1.42. The first-order valence-corrected chi connectivity index (χ1v) is 8.62. The molecule has 7 nitrogen and oxygen atoms in total. The third kappa shape index (κ3) is 3.59. The van der Waals surface area contributed by atoms with Crippen LogP contribution in [-0.4, -0.2) is 39.7 Å².